The van der Waals surface area contributed by atoms with Crippen LogP contribution < -0.4 is 5.32 Å². The van der Waals surface area contributed by atoms with Gasteiger partial charge in [0, 0.05) is 0 Å². The van der Waals surface area contributed by atoms with Gasteiger partial charge in [-0.25, -0.2) is 0 Å². The van der Waals surface area contributed by atoms with Crippen LogP contribution in [0.1, 0.15) is 18.4 Å². The Balaban J connectivity index is 1.84. The highest BCUT2D eigenvalue weighted by atomic mass is 35.5. The summed E-state index contributed by atoms with van der Waals surface area (Å²) < 4.78 is 0. The van der Waals surface area contributed by atoms with Crippen LogP contribution in [-0.2, 0) is 10.2 Å². The number of hydrogen-bond donors (Lipinski definition) is 1. The fourth-order valence-electron chi connectivity index (χ4n) is 2.33. The van der Waals surface area contributed by atoms with E-state index in [1.165, 1.54) is 0 Å². The van der Waals surface area contributed by atoms with Gasteiger partial charge in [0.15, 0.2) is 0 Å². The standard InChI is InChI=1S/C16H14ClNO/c17-13-8-4-5-9-14(13)18-15(19)16(10-11-16)12-6-2-1-3-7-12/h1-9H,10-11H2,(H,18,19). The summed E-state index contributed by atoms with van der Waals surface area (Å²) >= 11 is 6.07. The first-order chi connectivity index (χ1) is 9.22. The lowest BCUT2D eigenvalue weighted by Gasteiger charge is -2.16. The smallest absolute Gasteiger partial charge is 0.235 e. The molecule has 1 N–H and O–H groups in total. The Kier molecular flexibility index (Phi) is 3.03. The number of para-hydroxylation sites is 1. The normalized spacial score (nSPS) is 15.8. The number of benzene rings is 2. The van der Waals surface area contributed by atoms with Crippen LogP contribution in [0.4, 0.5) is 5.69 Å². The molecule has 1 aliphatic rings. The van der Waals surface area contributed by atoms with Crippen LogP contribution in [0.15, 0.2) is 54.6 Å². The van der Waals surface area contributed by atoms with Crippen molar-refractivity contribution in [2.45, 2.75) is 18.3 Å². The lowest BCUT2D eigenvalue weighted by Crippen LogP contribution is -2.27. The van der Waals surface area contributed by atoms with E-state index in [-0.39, 0.29) is 11.3 Å². The van der Waals surface area contributed by atoms with E-state index in [9.17, 15) is 4.79 Å². The summed E-state index contributed by atoms with van der Waals surface area (Å²) in [5.74, 6) is 0.0341. The summed E-state index contributed by atoms with van der Waals surface area (Å²) in [6, 6.07) is 17.2. The zero-order chi connectivity index (χ0) is 13.3. The first kappa shape index (κ1) is 12.2. The van der Waals surface area contributed by atoms with Crippen molar-refractivity contribution in [2.24, 2.45) is 0 Å². The second-order valence-electron chi connectivity index (χ2n) is 4.88. The van der Waals surface area contributed by atoms with E-state index in [2.05, 4.69) is 5.32 Å². The van der Waals surface area contributed by atoms with Gasteiger partial charge in [-0.1, -0.05) is 54.1 Å². The summed E-state index contributed by atoms with van der Waals surface area (Å²) in [6.45, 7) is 0. The van der Waals surface area contributed by atoms with Gasteiger partial charge in [0.25, 0.3) is 0 Å². The molecule has 19 heavy (non-hydrogen) atoms. The predicted molar refractivity (Wildman–Crippen MR) is 77.4 cm³/mol. The predicted octanol–water partition coefficient (Wildman–Crippen LogP) is 4.01. The molecule has 1 fully saturated rings. The van der Waals surface area contributed by atoms with Gasteiger partial charge < -0.3 is 5.32 Å². The van der Waals surface area contributed by atoms with Gasteiger partial charge in [0.05, 0.1) is 16.1 Å². The Labute approximate surface area is 117 Å². The molecule has 2 aromatic rings. The van der Waals surface area contributed by atoms with E-state index in [0.29, 0.717) is 10.7 Å². The molecule has 0 unspecified atom stereocenters. The maximum atomic E-state index is 12.5. The van der Waals surface area contributed by atoms with Crippen LogP contribution in [0.5, 0.6) is 0 Å². The molecule has 0 saturated heterocycles. The van der Waals surface area contributed by atoms with Crippen LogP contribution in [0.25, 0.3) is 0 Å². The summed E-state index contributed by atoms with van der Waals surface area (Å²) in [4.78, 5) is 12.5. The fraction of sp³-hybridized carbons (Fsp3) is 0.188. The Morgan fingerprint density at radius 2 is 1.63 bits per heavy atom. The molecule has 1 aliphatic carbocycles. The molecule has 0 bridgehead atoms. The average molecular weight is 272 g/mol. The van der Waals surface area contributed by atoms with Crippen molar-refractivity contribution in [3.05, 3.63) is 65.2 Å². The third kappa shape index (κ3) is 2.24. The molecular weight excluding hydrogens is 258 g/mol. The van der Waals surface area contributed by atoms with Gasteiger partial charge in [-0.05, 0) is 30.5 Å². The van der Waals surface area contributed by atoms with E-state index in [1.54, 1.807) is 6.07 Å². The zero-order valence-corrected chi connectivity index (χ0v) is 11.2. The molecule has 0 aromatic heterocycles. The topological polar surface area (TPSA) is 29.1 Å². The average Bonchev–Trinajstić information content (AvgIpc) is 3.24. The van der Waals surface area contributed by atoms with Crippen molar-refractivity contribution in [2.75, 3.05) is 5.32 Å². The second-order valence-corrected chi connectivity index (χ2v) is 5.29. The van der Waals surface area contributed by atoms with Gasteiger partial charge in [0.1, 0.15) is 0 Å². The number of halogens is 1. The Morgan fingerprint density at radius 3 is 2.26 bits per heavy atom. The lowest BCUT2D eigenvalue weighted by molar-refractivity contribution is -0.118. The molecular formula is C16H14ClNO. The van der Waals surface area contributed by atoms with Gasteiger partial charge in [-0.15, -0.1) is 0 Å². The minimum absolute atomic E-state index is 0.0341. The molecule has 1 saturated carbocycles. The number of anilines is 1. The maximum Gasteiger partial charge on any atom is 0.235 e. The van der Waals surface area contributed by atoms with E-state index >= 15 is 0 Å². The molecule has 2 nitrogen and oxygen atoms in total. The van der Waals surface area contributed by atoms with Gasteiger partial charge in [-0.3, -0.25) is 4.79 Å². The van der Waals surface area contributed by atoms with Crippen molar-refractivity contribution in [1.82, 2.24) is 0 Å². The fourth-order valence-corrected chi connectivity index (χ4v) is 2.52. The van der Waals surface area contributed by atoms with Gasteiger partial charge in [0.2, 0.25) is 5.91 Å². The number of rotatable bonds is 3. The number of carbonyl (C=O) groups excluding carboxylic acids is 1. The van der Waals surface area contributed by atoms with E-state index in [0.717, 1.165) is 18.4 Å². The summed E-state index contributed by atoms with van der Waals surface area (Å²) in [7, 11) is 0. The van der Waals surface area contributed by atoms with E-state index < -0.39 is 0 Å². The molecule has 96 valence electrons. The van der Waals surface area contributed by atoms with Crippen LogP contribution in [0.2, 0.25) is 5.02 Å². The Hall–Kier alpha value is -1.80. The highest BCUT2D eigenvalue weighted by Crippen LogP contribution is 2.49. The number of amides is 1. The van der Waals surface area contributed by atoms with E-state index in [1.807, 2.05) is 48.5 Å². The lowest BCUT2D eigenvalue weighted by atomic mass is 9.95. The third-order valence-electron chi connectivity index (χ3n) is 3.63. The van der Waals surface area contributed by atoms with Crippen molar-refractivity contribution in [1.29, 1.82) is 0 Å². The number of nitrogens with one attached hydrogen (secondary N) is 1. The van der Waals surface area contributed by atoms with E-state index in [4.69, 9.17) is 11.6 Å². The van der Waals surface area contributed by atoms with Crippen LogP contribution in [0.3, 0.4) is 0 Å². The summed E-state index contributed by atoms with van der Waals surface area (Å²) in [6.07, 6.45) is 1.79. The molecule has 2 aromatic carbocycles. The van der Waals surface area contributed by atoms with Crippen molar-refractivity contribution < 1.29 is 4.79 Å². The Bertz CT molecular complexity index is 605. The van der Waals surface area contributed by atoms with Crippen molar-refractivity contribution in [3.63, 3.8) is 0 Å². The SMILES string of the molecule is O=C(Nc1ccccc1Cl)C1(c2ccccc2)CC1. The molecule has 3 heteroatoms. The molecule has 1 amide bonds. The van der Waals surface area contributed by atoms with Gasteiger partial charge >= 0.3 is 0 Å². The molecule has 0 aliphatic heterocycles. The first-order valence-corrected chi connectivity index (χ1v) is 6.72. The molecule has 0 atom stereocenters. The highest BCUT2D eigenvalue weighted by molar-refractivity contribution is 6.33. The first-order valence-electron chi connectivity index (χ1n) is 6.34. The number of hydrogen-bond acceptors (Lipinski definition) is 1. The molecule has 0 heterocycles. The monoisotopic (exact) mass is 271 g/mol. The maximum absolute atomic E-state index is 12.5. The van der Waals surface area contributed by atoms with Crippen LogP contribution in [-0.4, -0.2) is 5.91 Å². The van der Waals surface area contributed by atoms with Gasteiger partial charge in [-0.2, -0.15) is 0 Å². The molecule has 0 spiro atoms. The zero-order valence-electron chi connectivity index (χ0n) is 10.4. The summed E-state index contributed by atoms with van der Waals surface area (Å²) in [5.41, 5.74) is 1.40. The molecule has 0 radical (unpaired) electrons. The van der Waals surface area contributed by atoms with Crippen molar-refractivity contribution in [3.8, 4) is 0 Å². The largest absolute Gasteiger partial charge is 0.324 e. The van der Waals surface area contributed by atoms with Crippen molar-refractivity contribution >= 4 is 23.2 Å². The third-order valence-corrected chi connectivity index (χ3v) is 3.96. The second kappa shape index (κ2) is 4.71. The van der Waals surface area contributed by atoms with Crippen LogP contribution in [0, 0.1) is 0 Å². The minimum atomic E-state index is -0.361. The van der Waals surface area contributed by atoms with Crippen LogP contribution >= 0.6 is 11.6 Å². The minimum Gasteiger partial charge on any atom is -0.324 e. The quantitative estimate of drug-likeness (QED) is 0.898. The number of carbonyl (C=O) groups is 1. The molecule has 3 rings (SSSR count). The Morgan fingerprint density at radius 1 is 1.00 bits per heavy atom. The summed E-state index contributed by atoms with van der Waals surface area (Å²) in [5, 5.41) is 3.51. The highest BCUT2D eigenvalue weighted by Gasteiger charge is 2.51.